The molecule has 1 aliphatic rings. The van der Waals surface area contributed by atoms with Gasteiger partial charge in [0.15, 0.2) is 0 Å². The molecule has 0 saturated carbocycles. The number of sulfonamides is 1. The molecule has 34 heavy (non-hydrogen) atoms. The molecule has 1 amide bonds. The highest BCUT2D eigenvalue weighted by atomic mass is 32.2. The Bertz CT molecular complexity index is 1210. The van der Waals surface area contributed by atoms with Crippen LogP contribution in [0.15, 0.2) is 58.8 Å². The molecule has 1 N–H and O–H groups in total. The Labute approximate surface area is 204 Å². The molecular formula is C25H29N3O4S2. The van der Waals surface area contributed by atoms with Gasteiger partial charge in [0.2, 0.25) is 15.9 Å². The molecule has 0 unspecified atom stereocenters. The molecular weight excluding hydrogens is 470 g/mol. The maximum absolute atomic E-state index is 13.0. The van der Waals surface area contributed by atoms with Crippen molar-refractivity contribution in [3.63, 3.8) is 0 Å². The molecule has 0 aliphatic carbocycles. The van der Waals surface area contributed by atoms with Crippen molar-refractivity contribution >= 4 is 33.0 Å². The number of hydrogen-bond donors (Lipinski definition) is 1. The van der Waals surface area contributed by atoms with Gasteiger partial charge in [-0.15, -0.1) is 11.3 Å². The van der Waals surface area contributed by atoms with E-state index < -0.39 is 10.0 Å². The lowest BCUT2D eigenvalue weighted by molar-refractivity contribution is -0.115. The molecule has 1 aromatic heterocycles. The molecule has 1 fully saturated rings. The zero-order valence-corrected chi connectivity index (χ0v) is 20.8. The maximum Gasteiger partial charge on any atom is 0.243 e. The van der Waals surface area contributed by atoms with E-state index in [0.29, 0.717) is 31.1 Å². The monoisotopic (exact) mass is 499 g/mol. The third-order valence-electron chi connectivity index (χ3n) is 5.64. The lowest BCUT2D eigenvalue weighted by atomic mass is 10.2. The molecule has 0 spiro atoms. The van der Waals surface area contributed by atoms with Gasteiger partial charge in [-0.2, -0.15) is 4.31 Å². The molecule has 1 saturated heterocycles. The number of carbonyl (C=O) groups is 1. The third-order valence-corrected chi connectivity index (χ3v) is 8.41. The summed E-state index contributed by atoms with van der Waals surface area (Å²) in [5, 5.41) is 5.43. The van der Waals surface area contributed by atoms with E-state index >= 15 is 0 Å². The normalized spacial score (nSPS) is 15.0. The van der Waals surface area contributed by atoms with Crippen LogP contribution >= 0.6 is 11.3 Å². The highest BCUT2D eigenvalue weighted by molar-refractivity contribution is 7.89. The fraction of sp³-hybridized carbons (Fsp3) is 0.360. The fourth-order valence-electron chi connectivity index (χ4n) is 3.81. The van der Waals surface area contributed by atoms with Crippen molar-refractivity contribution in [2.24, 2.45) is 0 Å². The van der Waals surface area contributed by atoms with Crippen LogP contribution in [-0.4, -0.2) is 36.7 Å². The molecule has 2 aromatic carbocycles. The molecule has 180 valence electrons. The molecule has 9 heteroatoms. The van der Waals surface area contributed by atoms with Gasteiger partial charge in [-0.05, 0) is 50.1 Å². The predicted molar refractivity (Wildman–Crippen MR) is 134 cm³/mol. The Hall–Kier alpha value is -2.75. The van der Waals surface area contributed by atoms with E-state index in [9.17, 15) is 13.2 Å². The standard InChI is InChI=1S/C25H29N3O4S2/c1-19-9-11-22(12-10-19)32-17-25-27-21(18-33-25)16-24(29)26-20-7-6-8-23(15-20)34(30,31)28-13-4-2-3-5-14-28/h6-12,15,18H,2-5,13-14,16-17H2,1H3,(H,26,29). The number of rotatable bonds is 8. The van der Waals surface area contributed by atoms with E-state index in [1.54, 1.807) is 22.5 Å². The number of carbonyl (C=O) groups excluding carboxylic acids is 1. The van der Waals surface area contributed by atoms with Crippen LogP contribution in [-0.2, 0) is 27.8 Å². The van der Waals surface area contributed by atoms with Crippen LogP contribution in [0.4, 0.5) is 5.69 Å². The first kappa shape index (κ1) is 24.4. The van der Waals surface area contributed by atoms with Crippen LogP contribution in [0.5, 0.6) is 5.75 Å². The van der Waals surface area contributed by atoms with Gasteiger partial charge >= 0.3 is 0 Å². The maximum atomic E-state index is 13.0. The summed E-state index contributed by atoms with van der Waals surface area (Å²) in [6.07, 6.45) is 3.96. The Kier molecular flexibility index (Phi) is 7.97. The number of ether oxygens (including phenoxy) is 1. The van der Waals surface area contributed by atoms with Crippen LogP contribution < -0.4 is 10.1 Å². The van der Waals surface area contributed by atoms with Crippen LogP contribution in [0.1, 0.15) is 41.9 Å². The Morgan fingerprint density at radius 1 is 1.09 bits per heavy atom. The summed E-state index contributed by atoms with van der Waals surface area (Å²) in [6.45, 7) is 3.44. The topological polar surface area (TPSA) is 88.6 Å². The zero-order chi connectivity index (χ0) is 24.0. The number of thiazole rings is 1. The summed E-state index contributed by atoms with van der Waals surface area (Å²) in [5.74, 6) is 0.524. The van der Waals surface area contributed by atoms with Gasteiger partial charge in [-0.3, -0.25) is 4.79 Å². The van der Waals surface area contributed by atoms with E-state index in [-0.39, 0.29) is 17.2 Å². The second kappa shape index (κ2) is 11.1. The second-order valence-corrected chi connectivity index (χ2v) is 11.3. The highest BCUT2D eigenvalue weighted by Crippen LogP contribution is 2.23. The van der Waals surface area contributed by atoms with E-state index in [4.69, 9.17) is 4.74 Å². The quantitative estimate of drug-likeness (QED) is 0.482. The van der Waals surface area contributed by atoms with E-state index in [1.165, 1.54) is 23.0 Å². The van der Waals surface area contributed by atoms with Crippen LogP contribution in [0.25, 0.3) is 0 Å². The average Bonchev–Trinajstić information content (AvgIpc) is 3.07. The van der Waals surface area contributed by atoms with Crippen molar-refractivity contribution in [2.45, 2.75) is 50.5 Å². The molecule has 0 atom stereocenters. The van der Waals surface area contributed by atoms with E-state index in [1.807, 2.05) is 36.6 Å². The van der Waals surface area contributed by atoms with Crippen LogP contribution in [0.3, 0.4) is 0 Å². The molecule has 2 heterocycles. The van der Waals surface area contributed by atoms with Gasteiger partial charge in [0.25, 0.3) is 0 Å². The molecule has 4 rings (SSSR count). The first-order valence-corrected chi connectivity index (χ1v) is 13.7. The van der Waals surface area contributed by atoms with Crippen molar-refractivity contribution in [3.05, 3.63) is 70.2 Å². The lowest BCUT2D eigenvalue weighted by Gasteiger charge is -2.20. The highest BCUT2D eigenvalue weighted by Gasteiger charge is 2.25. The number of anilines is 1. The van der Waals surface area contributed by atoms with Crippen molar-refractivity contribution < 1.29 is 17.9 Å². The minimum atomic E-state index is -3.57. The summed E-state index contributed by atoms with van der Waals surface area (Å²) in [5.41, 5.74) is 2.28. The smallest absolute Gasteiger partial charge is 0.243 e. The van der Waals surface area contributed by atoms with Crippen molar-refractivity contribution in [1.82, 2.24) is 9.29 Å². The van der Waals surface area contributed by atoms with E-state index in [0.717, 1.165) is 36.4 Å². The molecule has 7 nitrogen and oxygen atoms in total. The lowest BCUT2D eigenvalue weighted by Crippen LogP contribution is -2.32. The number of hydrogen-bond acceptors (Lipinski definition) is 6. The summed E-state index contributed by atoms with van der Waals surface area (Å²) in [4.78, 5) is 17.3. The molecule has 0 bridgehead atoms. The number of nitrogens with zero attached hydrogens (tertiary/aromatic N) is 2. The summed E-state index contributed by atoms with van der Waals surface area (Å²) in [7, 11) is -3.57. The minimum Gasteiger partial charge on any atom is -0.486 e. The fourth-order valence-corrected chi connectivity index (χ4v) is 6.08. The van der Waals surface area contributed by atoms with Gasteiger partial charge in [-0.1, -0.05) is 36.6 Å². The van der Waals surface area contributed by atoms with Crippen LogP contribution in [0.2, 0.25) is 0 Å². The summed E-state index contributed by atoms with van der Waals surface area (Å²) >= 11 is 1.44. The zero-order valence-electron chi connectivity index (χ0n) is 19.2. The first-order chi connectivity index (χ1) is 16.4. The predicted octanol–water partition coefficient (Wildman–Crippen LogP) is 4.78. The number of amides is 1. The number of aryl methyl sites for hydroxylation is 1. The molecule has 1 aliphatic heterocycles. The van der Waals surface area contributed by atoms with Crippen LogP contribution in [0, 0.1) is 6.92 Å². The molecule has 3 aromatic rings. The van der Waals surface area contributed by atoms with Crippen molar-refractivity contribution in [3.8, 4) is 5.75 Å². The minimum absolute atomic E-state index is 0.101. The Balaban J connectivity index is 1.34. The Morgan fingerprint density at radius 3 is 2.56 bits per heavy atom. The Morgan fingerprint density at radius 2 is 1.82 bits per heavy atom. The second-order valence-electron chi connectivity index (χ2n) is 8.41. The third kappa shape index (κ3) is 6.43. The average molecular weight is 500 g/mol. The first-order valence-electron chi connectivity index (χ1n) is 11.4. The largest absolute Gasteiger partial charge is 0.486 e. The SMILES string of the molecule is Cc1ccc(OCc2nc(CC(=O)Nc3cccc(S(=O)(=O)N4CCCCCC4)c3)cs2)cc1. The number of benzene rings is 2. The van der Waals surface area contributed by atoms with Gasteiger partial charge in [0, 0.05) is 24.2 Å². The van der Waals surface area contributed by atoms with Gasteiger partial charge in [0.05, 0.1) is 17.0 Å². The molecule has 0 radical (unpaired) electrons. The van der Waals surface area contributed by atoms with Gasteiger partial charge < -0.3 is 10.1 Å². The van der Waals surface area contributed by atoms with Crippen molar-refractivity contribution in [1.29, 1.82) is 0 Å². The van der Waals surface area contributed by atoms with Gasteiger partial charge in [-0.25, -0.2) is 13.4 Å². The summed E-state index contributed by atoms with van der Waals surface area (Å²) in [6, 6.07) is 14.3. The van der Waals surface area contributed by atoms with E-state index in [2.05, 4.69) is 10.3 Å². The summed E-state index contributed by atoms with van der Waals surface area (Å²) < 4.78 is 33.4. The van der Waals surface area contributed by atoms with Crippen molar-refractivity contribution in [2.75, 3.05) is 18.4 Å². The number of nitrogens with one attached hydrogen (secondary N) is 1. The number of aromatic nitrogens is 1. The van der Waals surface area contributed by atoms with Gasteiger partial charge in [0.1, 0.15) is 17.4 Å².